The molecule has 0 atom stereocenters. The zero-order valence-electron chi connectivity index (χ0n) is 14.3. The van der Waals surface area contributed by atoms with Crippen molar-refractivity contribution in [2.45, 2.75) is 19.3 Å². The molecule has 1 fully saturated rings. The first-order valence-electron chi connectivity index (χ1n) is 8.76. The number of fused-ring (bicyclic) bond motifs is 1. The molecule has 3 aromatic rings. The summed E-state index contributed by atoms with van der Waals surface area (Å²) in [6.07, 6.45) is 5.35. The van der Waals surface area contributed by atoms with Gasteiger partial charge in [-0.05, 0) is 49.6 Å². The third kappa shape index (κ3) is 3.18. The molecule has 3 heterocycles. The number of aromatic nitrogens is 1. The smallest absolute Gasteiger partial charge is 0.336 e. The summed E-state index contributed by atoms with van der Waals surface area (Å²) in [6, 6.07) is 12.0. The summed E-state index contributed by atoms with van der Waals surface area (Å²) in [5, 5.41) is 3.81. The topological polar surface area (TPSA) is 75.4 Å². The lowest BCUT2D eigenvalue weighted by Gasteiger charge is -2.30. The van der Waals surface area contributed by atoms with Gasteiger partial charge in [-0.15, -0.1) is 0 Å². The van der Waals surface area contributed by atoms with Crippen molar-refractivity contribution in [3.63, 3.8) is 0 Å². The lowest BCUT2D eigenvalue weighted by molar-refractivity contribution is 0.0992. The van der Waals surface area contributed by atoms with E-state index in [-0.39, 0.29) is 5.76 Å². The zero-order valence-corrected chi connectivity index (χ0v) is 14.3. The molecule has 1 amide bonds. The molecular formula is C20H19N3O3. The van der Waals surface area contributed by atoms with Crippen LogP contribution in [0, 0.1) is 0 Å². The average molecular weight is 349 g/mol. The molecule has 4 rings (SSSR count). The predicted molar refractivity (Wildman–Crippen MR) is 101 cm³/mol. The third-order valence-electron chi connectivity index (χ3n) is 4.61. The van der Waals surface area contributed by atoms with Crippen molar-refractivity contribution in [1.82, 2.24) is 4.98 Å². The van der Waals surface area contributed by atoms with Crippen LogP contribution in [-0.2, 0) is 0 Å². The minimum atomic E-state index is -0.555. The van der Waals surface area contributed by atoms with E-state index in [2.05, 4.69) is 15.2 Å². The average Bonchev–Trinajstić information content (AvgIpc) is 2.69. The molecule has 0 radical (unpaired) electrons. The van der Waals surface area contributed by atoms with Gasteiger partial charge in [-0.25, -0.2) is 4.79 Å². The van der Waals surface area contributed by atoms with Crippen molar-refractivity contribution < 1.29 is 9.21 Å². The Labute approximate surface area is 150 Å². The van der Waals surface area contributed by atoms with Crippen molar-refractivity contribution in [2.24, 2.45) is 0 Å². The first kappa shape index (κ1) is 16.3. The number of nitrogens with one attached hydrogen (secondary N) is 1. The zero-order chi connectivity index (χ0) is 17.9. The predicted octanol–water partition coefficient (Wildman–Crippen LogP) is 3.43. The van der Waals surface area contributed by atoms with E-state index in [9.17, 15) is 9.59 Å². The molecule has 0 saturated carbocycles. The molecular weight excluding hydrogens is 330 g/mol. The summed E-state index contributed by atoms with van der Waals surface area (Å²) < 4.78 is 4.95. The second-order valence-corrected chi connectivity index (χ2v) is 6.34. The largest absolute Gasteiger partial charge is 0.417 e. The van der Waals surface area contributed by atoms with E-state index < -0.39 is 11.5 Å². The number of rotatable bonds is 3. The Hall–Kier alpha value is -3.15. The number of carbonyl (C=O) groups is 1. The van der Waals surface area contributed by atoms with Crippen LogP contribution in [0.25, 0.3) is 10.9 Å². The van der Waals surface area contributed by atoms with E-state index in [1.165, 1.54) is 37.5 Å². The molecule has 6 heteroatoms. The van der Waals surface area contributed by atoms with E-state index in [0.717, 1.165) is 29.7 Å². The lowest BCUT2D eigenvalue weighted by Crippen LogP contribution is -2.29. The van der Waals surface area contributed by atoms with E-state index in [1.54, 1.807) is 6.20 Å². The van der Waals surface area contributed by atoms with Crippen LogP contribution in [0.15, 0.2) is 57.9 Å². The van der Waals surface area contributed by atoms with Crippen LogP contribution < -0.4 is 15.8 Å². The standard InChI is InChI=1S/C20H19N3O3/c24-18-8-4-7-17(26-18)20(25)22-15-9-10-16(23-12-2-1-3-13-23)14-6-5-11-21-19(14)15/h4-11H,1-3,12-13H2,(H,22,25). The molecule has 1 aliphatic heterocycles. The summed E-state index contributed by atoms with van der Waals surface area (Å²) in [6.45, 7) is 2.07. The van der Waals surface area contributed by atoms with Crippen LogP contribution in [0.1, 0.15) is 29.8 Å². The van der Waals surface area contributed by atoms with Gasteiger partial charge in [0, 0.05) is 36.4 Å². The maximum atomic E-state index is 12.4. The Morgan fingerprint density at radius 1 is 1.04 bits per heavy atom. The van der Waals surface area contributed by atoms with Gasteiger partial charge in [0.15, 0.2) is 5.76 Å². The molecule has 1 aromatic carbocycles. The van der Waals surface area contributed by atoms with Crippen LogP contribution in [0.2, 0.25) is 0 Å². The highest BCUT2D eigenvalue weighted by atomic mass is 16.4. The minimum absolute atomic E-state index is 0.0262. The Balaban J connectivity index is 1.70. The molecule has 0 spiro atoms. The first-order valence-corrected chi connectivity index (χ1v) is 8.76. The third-order valence-corrected chi connectivity index (χ3v) is 4.61. The maximum Gasteiger partial charge on any atom is 0.336 e. The molecule has 1 saturated heterocycles. The van der Waals surface area contributed by atoms with E-state index in [1.807, 2.05) is 24.3 Å². The molecule has 26 heavy (non-hydrogen) atoms. The summed E-state index contributed by atoms with van der Waals surface area (Å²) in [4.78, 5) is 30.6. The van der Waals surface area contributed by atoms with Gasteiger partial charge >= 0.3 is 5.63 Å². The fourth-order valence-electron chi connectivity index (χ4n) is 3.37. The quantitative estimate of drug-likeness (QED) is 0.784. The fourth-order valence-corrected chi connectivity index (χ4v) is 3.37. The second-order valence-electron chi connectivity index (χ2n) is 6.34. The number of hydrogen-bond acceptors (Lipinski definition) is 5. The molecule has 2 aromatic heterocycles. The number of pyridine rings is 1. The highest BCUT2D eigenvalue weighted by Crippen LogP contribution is 2.32. The molecule has 0 bridgehead atoms. The molecule has 0 unspecified atom stereocenters. The van der Waals surface area contributed by atoms with Crippen molar-refractivity contribution in [3.8, 4) is 0 Å². The van der Waals surface area contributed by atoms with Crippen LogP contribution in [-0.4, -0.2) is 24.0 Å². The van der Waals surface area contributed by atoms with E-state index in [4.69, 9.17) is 4.42 Å². The number of piperidine rings is 1. The number of benzene rings is 1. The molecule has 1 aliphatic rings. The number of carbonyl (C=O) groups excluding carboxylic acids is 1. The number of anilines is 2. The Morgan fingerprint density at radius 3 is 2.69 bits per heavy atom. The lowest BCUT2D eigenvalue weighted by atomic mass is 10.1. The summed E-state index contributed by atoms with van der Waals surface area (Å²) >= 11 is 0. The van der Waals surface area contributed by atoms with Crippen molar-refractivity contribution in [2.75, 3.05) is 23.3 Å². The van der Waals surface area contributed by atoms with Gasteiger partial charge in [0.05, 0.1) is 11.2 Å². The Kier molecular flexibility index (Phi) is 4.39. The van der Waals surface area contributed by atoms with Crippen molar-refractivity contribution in [1.29, 1.82) is 0 Å². The number of amides is 1. The summed E-state index contributed by atoms with van der Waals surface area (Å²) in [5.41, 5.74) is 1.90. The van der Waals surface area contributed by atoms with Gasteiger partial charge < -0.3 is 14.6 Å². The van der Waals surface area contributed by atoms with Crippen molar-refractivity contribution >= 4 is 28.2 Å². The Morgan fingerprint density at radius 2 is 1.88 bits per heavy atom. The second kappa shape index (κ2) is 7.00. The Bertz CT molecular complexity index is 1010. The highest BCUT2D eigenvalue weighted by molar-refractivity contribution is 6.09. The molecule has 0 aliphatic carbocycles. The van der Waals surface area contributed by atoms with Gasteiger partial charge in [0.25, 0.3) is 5.91 Å². The van der Waals surface area contributed by atoms with Crippen LogP contribution in [0.4, 0.5) is 11.4 Å². The number of nitrogens with zero attached hydrogens (tertiary/aromatic N) is 2. The normalized spacial score (nSPS) is 14.4. The fraction of sp³-hybridized carbons (Fsp3) is 0.250. The maximum absolute atomic E-state index is 12.4. The van der Waals surface area contributed by atoms with Crippen molar-refractivity contribution in [3.05, 3.63) is 64.8 Å². The van der Waals surface area contributed by atoms with Gasteiger partial charge in [-0.3, -0.25) is 9.78 Å². The van der Waals surface area contributed by atoms with Crippen LogP contribution >= 0.6 is 0 Å². The molecule has 1 N–H and O–H groups in total. The van der Waals surface area contributed by atoms with E-state index in [0.29, 0.717) is 5.69 Å². The first-order chi connectivity index (χ1) is 12.7. The van der Waals surface area contributed by atoms with Crippen LogP contribution in [0.5, 0.6) is 0 Å². The molecule has 132 valence electrons. The summed E-state index contributed by atoms with van der Waals surface area (Å²) in [7, 11) is 0. The monoisotopic (exact) mass is 349 g/mol. The highest BCUT2D eigenvalue weighted by Gasteiger charge is 2.17. The van der Waals surface area contributed by atoms with Gasteiger partial charge in [0.1, 0.15) is 0 Å². The van der Waals surface area contributed by atoms with Gasteiger partial charge in [-0.2, -0.15) is 0 Å². The van der Waals surface area contributed by atoms with Gasteiger partial charge in [0.2, 0.25) is 0 Å². The molecule has 6 nitrogen and oxygen atoms in total. The summed E-state index contributed by atoms with van der Waals surface area (Å²) in [5.74, 6) is -0.498. The van der Waals surface area contributed by atoms with E-state index >= 15 is 0 Å². The SMILES string of the molecule is O=C(Nc1ccc(N2CCCCC2)c2cccnc12)c1cccc(=O)o1. The van der Waals surface area contributed by atoms with Gasteiger partial charge in [-0.1, -0.05) is 6.07 Å². The number of hydrogen-bond donors (Lipinski definition) is 1. The minimum Gasteiger partial charge on any atom is -0.417 e. The van der Waals surface area contributed by atoms with Crippen LogP contribution in [0.3, 0.4) is 0 Å².